The van der Waals surface area contributed by atoms with Gasteiger partial charge in [0.2, 0.25) is 11.8 Å². The van der Waals surface area contributed by atoms with Gasteiger partial charge in [-0.3, -0.25) is 4.90 Å². The maximum Gasteiger partial charge on any atom is 0.247 e. The predicted octanol–water partition coefficient (Wildman–Crippen LogP) is 1.51. The van der Waals surface area contributed by atoms with Crippen molar-refractivity contribution in [3.05, 3.63) is 48.6 Å². The van der Waals surface area contributed by atoms with Gasteiger partial charge in [0.25, 0.3) is 0 Å². The summed E-state index contributed by atoms with van der Waals surface area (Å²) in [5.74, 6) is 2.86. The maximum absolute atomic E-state index is 5.85. The Morgan fingerprint density at radius 2 is 1.79 bits per heavy atom. The molecule has 1 aliphatic heterocycles. The summed E-state index contributed by atoms with van der Waals surface area (Å²) in [5.41, 5.74) is 1.63. The van der Waals surface area contributed by atoms with Crippen molar-refractivity contribution in [3.8, 4) is 17.2 Å². The number of methoxy groups -OCH3 is 1. The molecular formula is C19H20N8O2. The first-order chi connectivity index (χ1) is 14.3. The average Bonchev–Trinajstić information content (AvgIpc) is 3.43. The molecule has 0 amide bonds. The minimum absolute atomic E-state index is 0.521. The van der Waals surface area contributed by atoms with Crippen molar-refractivity contribution < 1.29 is 9.15 Å². The Kier molecular flexibility index (Phi) is 4.53. The number of rotatable bonds is 5. The van der Waals surface area contributed by atoms with Crippen LogP contribution in [0.5, 0.6) is 5.75 Å². The van der Waals surface area contributed by atoms with E-state index in [2.05, 4.69) is 35.3 Å². The minimum atomic E-state index is 0.521. The number of hydrogen-bond acceptors (Lipinski definition) is 9. The minimum Gasteiger partial charge on any atom is -0.497 e. The highest BCUT2D eigenvalue weighted by molar-refractivity contribution is 5.54. The molecule has 10 heteroatoms. The van der Waals surface area contributed by atoms with Crippen LogP contribution in [0.1, 0.15) is 5.89 Å². The third-order valence-electron chi connectivity index (χ3n) is 5.01. The van der Waals surface area contributed by atoms with Crippen LogP contribution in [0.4, 0.5) is 5.82 Å². The van der Waals surface area contributed by atoms with Gasteiger partial charge in [0.1, 0.15) is 17.9 Å². The van der Waals surface area contributed by atoms with Gasteiger partial charge >= 0.3 is 0 Å². The van der Waals surface area contributed by atoms with E-state index in [9.17, 15) is 0 Å². The van der Waals surface area contributed by atoms with Crippen LogP contribution < -0.4 is 9.64 Å². The summed E-state index contributed by atoms with van der Waals surface area (Å²) in [5, 5.41) is 20.8. The van der Waals surface area contributed by atoms with Gasteiger partial charge in [0, 0.05) is 31.7 Å². The highest BCUT2D eigenvalue weighted by Gasteiger charge is 2.20. The molecular weight excluding hydrogens is 372 g/mol. The van der Waals surface area contributed by atoms with Gasteiger partial charge in [-0.25, -0.2) is 0 Å². The van der Waals surface area contributed by atoms with E-state index in [1.54, 1.807) is 18.0 Å². The molecule has 0 saturated carbocycles. The van der Waals surface area contributed by atoms with Crippen molar-refractivity contribution in [2.45, 2.75) is 6.54 Å². The van der Waals surface area contributed by atoms with Gasteiger partial charge in [0.05, 0.1) is 13.7 Å². The maximum atomic E-state index is 5.85. The Balaban J connectivity index is 1.20. The molecule has 148 valence electrons. The molecule has 4 heterocycles. The Labute approximate surface area is 166 Å². The van der Waals surface area contributed by atoms with E-state index >= 15 is 0 Å². The monoisotopic (exact) mass is 392 g/mol. The Hall–Kier alpha value is -3.53. The molecule has 0 N–H and O–H groups in total. The topological polar surface area (TPSA) is 97.7 Å². The lowest BCUT2D eigenvalue weighted by molar-refractivity contribution is 0.226. The summed E-state index contributed by atoms with van der Waals surface area (Å²) >= 11 is 0. The largest absolute Gasteiger partial charge is 0.497 e. The van der Waals surface area contributed by atoms with E-state index in [0.29, 0.717) is 18.3 Å². The third-order valence-corrected chi connectivity index (χ3v) is 5.01. The molecule has 5 rings (SSSR count). The molecule has 1 saturated heterocycles. The molecule has 29 heavy (non-hydrogen) atoms. The molecule has 0 bridgehead atoms. The lowest BCUT2D eigenvalue weighted by atomic mass is 10.2. The summed E-state index contributed by atoms with van der Waals surface area (Å²) in [6.45, 7) is 4.17. The molecule has 0 atom stereocenters. The van der Waals surface area contributed by atoms with Crippen molar-refractivity contribution in [3.63, 3.8) is 0 Å². The lowest BCUT2D eigenvalue weighted by Gasteiger charge is -2.34. The summed E-state index contributed by atoms with van der Waals surface area (Å²) in [6.07, 6.45) is 1.62. The third kappa shape index (κ3) is 3.61. The van der Waals surface area contributed by atoms with Crippen LogP contribution in [0.15, 0.2) is 47.1 Å². The molecule has 1 aromatic carbocycles. The molecule has 4 aromatic rings. The van der Waals surface area contributed by atoms with Gasteiger partial charge in [-0.05, 0) is 36.4 Å². The Morgan fingerprint density at radius 3 is 2.59 bits per heavy atom. The van der Waals surface area contributed by atoms with Gasteiger partial charge in [-0.15, -0.1) is 25.5 Å². The van der Waals surface area contributed by atoms with Crippen LogP contribution in [0.3, 0.4) is 0 Å². The average molecular weight is 392 g/mol. The lowest BCUT2D eigenvalue weighted by Crippen LogP contribution is -2.46. The first-order valence-corrected chi connectivity index (χ1v) is 9.40. The van der Waals surface area contributed by atoms with Crippen LogP contribution >= 0.6 is 0 Å². The number of anilines is 1. The fourth-order valence-electron chi connectivity index (χ4n) is 3.38. The molecule has 0 radical (unpaired) electrons. The van der Waals surface area contributed by atoms with Gasteiger partial charge in [-0.2, -0.15) is 4.52 Å². The predicted molar refractivity (Wildman–Crippen MR) is 105 cm³/mol. The number of benzene rings is 1. The number of nitrogens with zero attached hydrogens (tertiary/aromatic N) is 8. The number of aromatic nitrogens is 6. The fraction of sp³-hybridized carbons (Fsp3) is 0.316. The SMILES string of the molecule is COc1ccc(-c2nnc(CN3CCN(c4ccc5nncn5n4)CC3)o2)cc1. The highest BCUT2D eigenvalue weighted by Crippen LogP contribution is 2.22. The zero-order chi connectivity index (χ0) is 19.6. The molecule has 1 fully saturated rings. The van der Waals surface area contributed by atoms with Gasteiger partial charge in [-0.1, -0.05) is 0 Å². The van der Waals surface area contributed by atoms with Gasteiger partial charge in [0.15, 0.2) is 5.65 Å². The van der Waals surface area contributed by atoms with E-state index in [0.717, 1.165) is 49.0 Å². The van der Waals surface area contributed by atoms with Crippen LogP contribution in [0.2, 0.25) is 0 Å². The number of hydrogen-bond donors (Lipinski definition) is 0. The second-order valence-corrected chi connectivity index (χ2v) is 6.82. The zero-order valence-electron chi connectivity index (χ0n) is 16.0. The Morgan fingerprint density at radius 1 is 0.966 bits per heavy atom. The standard InChI is InChI=1S/C19H20N8O2/c1-28-15-4-2-14(3-5-15)19-23-22-18(29-19)12-25-8-10-26(11-9-25)17-7-6-16-21-20-13-27(16)24-17/h2-7,13H,8-12H2,1H3. The molecule has 0 unspecified atom stereocenters. The molecule has 0 aliphatic carbocycles. The number of fused-ring (bicyclic) bond motifs is 1. The van der Waals surface area contributed by atoms with Crippen LogP contribution in [0, 0.1) is 0 Å². The second-order valence-electron chi connectivity index (χ2n) is 6.82. The summed E-state index contributed by atoms with van der Waals surface area (Å²) < 4.78 is 12.7. The zero-order valence-corrected chi connectivity index (χ0v) is 16.0. The van der Waals surface area contributed by atoms with E-state index < -0.39 is 0 Å². The van der Waals surface area contributed by atoms with E-state index in [4.69, 9.17) is 9.15 Å². The van der Waals surface area contributed by atoms with E-state index in [-0.39, 0.29) is 0 Å². The number of piperazine rings is 1. The molecule has 0 spiro atoms. The van der Waals surface area contributed by atoms with E-state index in [1.807, 2.05) is 36.4 Å². The van der Waals surface area contributed by atoms with Crippen molar-refractivity contribution in [2.24, 2.45) is 0 Å². The summed E-state index contributed by atoms with van der Waals surface area (Å²) in [7, 11) is 1.64. The van der Waals surface area contributed by atoms with Crippen LogP contribution in [0.25, 0.3) is 17.1 Å². The number of ether oxygens (including phenoxy) is 1. The smallest absolute Gasteiger partial charge is 0.247 e. The van der Waals surface area contributed by atoms with Crippen molar-refractivity contribution >= 4 is 11.5 Å². The summed E-state index contributed by atoms with van der Waals surface area (Å²) in [6, 6.07) is 11.5. The van der Waals surface area contributed by atoms with Crippen molar-refractivity contribution in [2.75, 3.05) is 38.2 Å². The Bertz CT molecular complexity index is 1100. The quantitative estimate of drug-likeness (QED) is 0.500. The van der Waals surface area contributed by atoms with Crippen LogP contribution in [-0.4, -0.2) is 68.2 Å². The van der Waals surface area contributed by atoms with Gasteiger partial charge < -0.3 is 14.1 Å². The molecule has 1 aliphatic rings. The van der Waals surface area contributed by atoms with Crippen LogP contribution in [-0.2, 0) is 6.54 Å². The second kappa shape index (κ2) is 7.47. The van der Waals surface area contributed by atoms with E-state index in [1.165, 1.54) is 0 Å². The highest BCUT2D eigenvalue weighted by atomic mass is 16.5. The first kappa shape index (κ1) is 17.6. The normalized spacial score (nSPS) is 15.1. The van der Waals surface area contributed by atoms with Crippen molar-refractivity contribution in [1.82, 2.24) is 34.9 Å². The van der Waals surface area contributed by atoms with Crippen molar-refractivity contribution in [1.29, 1.82) is 0 Å². The first-order valence-electron chi connectivity index (χ1n) is 9.40. The molecule has 3 aromatic heterocycles. The fourth-order valence-corrected chi connectivity index (χ4v) is 3.38. The summed E-state index contributed by atoms with van der Waals surface area (Å²) in [4.78, 5) is 4.56. The molecule has 10 nitrogen and oxygen atoms in total.